The number of phosphoric acid groups is 1. The molecular weight excluding hydrogens is 769 g/mol. The van der Waals surface area contributed by atoms with E-state index in [0.29, 0.717) is 12.8 Å². The zero-order valence-electron chi connectivity index (χ0n) is 37.6. The average Bonchev–Trinajstić information content (AvgIpc) is 3.21. The van der Waals surface area contributed by atoms with Crippen molar-refractivity contribution in [3.05, 3.63) is 24.3 Å². The maximum atomic E-state index is 12.6. The van der Waals surface area contributed by atoms with Crippen molar-refractivity contribution in [1.29, 1.82) is 0 Å². The van der Waals surface area contributed by atoms with Crippen LogP contribution in [0.15, 0.2) is 24.3 Å². The normalized spacial score (nSPS) is 13.8. The summed E-state index contributed by atoms with van der Waals surface area (Å²) in [7, 11) is -4.72. The molecule has 0 amide bonds. The zero-order valence-corrected chi connectivity index (χ0v) is 38.5. The molecule has 12 heteroatoms. The van der Waals surface area contributed by atoms with Crippen LogP contribution < -0.4 is 5.73 Å². The van der Waals surface area contributed by atoms with Crippen molar-refractivity contribution in [3.63, 3.8) is 0 Å². The molecule has 0 radical (unpaired) electrons. The van der Waals surface area contributed by atoms with Gasteiger partial charge >= 0.3 is 25.7 Å². The molecule has 0 aromatic carbocycles. The van der Waals surface area contributed by atoms with Crippen molar-refractivity contribution in [3.8, 4) is 0 Å². The number of carboxylic acids is 1. The molecule has 4 N–H and O–H groups in total. The smallest absolute Gasteiger partial charge is 0.472 e. The first-order valence-corrected chi connectivity index (χ1v) is 25.4. The number of rotatable bonds is 45. The minimum Gasteiger partial charge on any atom is -0.480 e. The summed E-state index contributed by atoms with van der Waals surface area (Å²) in [5.74, 6) is -2.38. The number of nitrogens with two attached hydrogens (primary N) is 1. The molecule has 0 saturated carbocycles. The van der Waals surface area contributed by atoms with Crippen molar-refractivity contribution >= 4 is 25.7 Å². The van der Waals surface area contributed by atoms with Gasteiger partial charge in [0.25, 0.3) is 0 Å². The summed E-state index contributed by atoms with van der Waals surface area (Å²) in [6.45, 7) is 2.80. The predicted octanol–water partition coefficient (Wildman–Crippen LogP) is 13.0. The van der Waals surface area contributed by atoms with Crippen LogP contribution in [0, 0.1) is 0 Å². The van der Waals surface area contributed by atoms with E-state index in [1.807, 2.05) is 0 Å². The topological polar surface area (TPSA) is 172 Å². The first kappa shape index (κ1) is 57.0. The van der Waals surface area contributed by atoms with Gasteiger partial charge in [-0.15, -0.1) is 0 Å². The molecule has 0 fully saturated rings. The van der Waals surface area contributed by atoms with Gasteiger partial charge in [-0.3, -0.25) is 23.4 Å². The number of allylic oxidation sites excluding steroid dienone is 4. The van der Waals surface area contributed by atoms with Gasteiger partial charge in [-0.05, 0) is 38.5 Å². The first-order chi connectivity index (χ1) is 28.6. The van der Waals surface area contributed by atoms with Crippen LogP contribution in [0.25, 0.3) is 0 Å². The standard InChI is InChI=1S/C47H88NO10P/c1-3-5-7-9-11-13-15-17-19-20-21-22-23-25-26-28-30-32-34-36-38-45(49)55-40-43(41-56-59(53,54)57-42-44(48)47(51)52)58-46(50)39-37-35-33-31-29-27-24-18-16-14-12-10-8-6-4-2/h14,16,18,24,43-44H,3-13,15,17,19-23,25-42,48H2,1-2H3,(H,51,52)(H,53,54)/b16-14+,24-18+/t43-,44+/m0/s1. The Balaban J connectivity index is 4.26. The van der Waals surface area contributed by atoms with Gasteiger partial charge in [0.05, 0.1) is 13.2 Å². The average molecular weight is 858 g/mol. The Morgan fingerprint density at radius 3 is 1.31 bits per heavy atom. The number of esters is 2. The van der Waals surface area contributed by atoms with Gasteiger partial charge in [-0.1, -0.05) is 199 Å². The molecule has 3 atom stereocenters. The van der Waals surface area contributed by atoms with Gasteiger partial charge in [-0.2, -0.15) is 0 Å². The lowest BCUT2D eigenvalue weighted by Crippen LogP contribution is -2.34. The van der Waals surface area contributed by atoms with Crippen LogP contribution >= 0.6 is 7.82 Å². The molecule has 0 aliphatic heterocycles. The van der Waals surface area contributed by atoms with Gasteiger partial charge in [-0.25, -0.2) is 4.57 Å². The number of phosphoric ester groups is 1. The van der Waals surface area contributed by atoms with Gasteiger partial charge in [0, 0.05) is 12.8 Å². The van der Waals surface area contributed by atoms with Crippen LogP contribution in [0.1, 0.15) is 226 Å². The third kappa shape index (κ3) is 42.4. The molecule has 0 spiro atoms. The number of hydrogen-bond donors (Lipinski definition) is 3. The predicted molar refractivity (Wildman–Crippen MR) is 240 cm³/mol. The van der Waals surface area contributed by atoms with Crippen LogP contribution in [0.4, 0.5) is 0 Å². The van der Waals surface area contributed by atoms with E-state index in [1.54, 1.807) is 0 Å². The summed E-state index contributed by atoms with van der Waals surface area (Å²) in [6.07, 6.45) is 45.3. The van der Waals surface area contributed by atoms with E-state index >= 15 is 0 Å². The number of ether oxygens (including phenoxy) is 2. The second kappa shape index (κ2) is 42.6. The quantitative estimate of drug-likeness (QED) is 0.0230. The van der Waals surface area contributed by atoms with E-state index in [9.17, 15) is 23.8 Å². The van der Waals surface area contributed by atoms with Crippen LogP contribution in [0.5, 0.6) is 0 Å². The molecule has 1 unspecified atom stereocenters. The molecule has 59 heavy (non-hydrogen) atoms. The summed E-state index contributed by atoms with van der Waals surface area (Å²) >= 11 is 0. The Kier molecular flexibility index (Phi) is 41.2. The van der Waals surface area contributed by atoms with Crippen LogP contribution in [-0.4, -0.2) is 59.9 Å². The number of hydrogen-bond acceptors (Lipinski definition) is 9. The summed E-state index contributed by atoms with van der Waals surface area (Å²) in [5.41, 5.74) is 5.34. The minimum atomic E-state index is -4.72. The Morgan fingerprint density at radius 1 is 0.525 bits per heavy atom. The molecule has 0 saturated heterocycles. The third-order valence-electron chi connectivity index (χ3n) is 10.5. The van der Waals surface area contributed by atoms with E-state index in [-0.39, 0.29) is 19.4 Å². The van der Waals surface area contributed by atoms with E-state index in [4.69, 9.17) is 24.8 Å². The lowest BCUT2D eigenvalue weighted by molar-refractivity contribution is -0.161. The molecule has 0 bridgehead atoms. The van der Waals surface area contributed by atoms with Crippen molar-refractivity contribution < 1.29 is 47.5 Å². The lowest BCUT2D eigenvalue weighted by Gasteiger charge is -2.20. The van der Waals surface area contributed by atoms with Gasteiger partial charge in [0.1, 0.15) is 12.6 Å². The zero-order chi connectivity index (χ0) is 43.5. The van der Waals surface area contributed by atoms with Gasteiger partial charge in [0.2, 0.25) is 0 Å². The second-order valence-corrected chi connectivity index (χ2v) is 17.7. The van der Waals surface area contributed by atoms with E-state index < -0.39 is 51.1 Å². The largest absolute Gasteiger partial charge is 0.480 e. The Morgan fingerprint density at radius 2 is 0.881 bits per heavy atom. The number of unbranched alkanes of at least 4 members (excludes halogenated alkanes) is 28. The van der Waals surface area contributed by atoms with Crippen molar-refractivity contribution in [2.75, 3.05) is 19.8 Å². The minimum absolute atomic E-state index is 0.146. The number of carboxylic acid groups (broad SMARTS) is 1. The third-order valence-corrected chi connectivity index (χ3v) is 11.4. The van der Waals surface area contributed by atoms with Crippen LogP contribution in [-0.2, 0) is 37.5 Å². The summed E-state index contributed by atoms with van der Waals surface area (Å²) in [4.78, 5) is 46.0. The summed E-state index contributed by atoms with van der Waals surface area (Å²) in [5, 5.41) is 8.90. The molecular formula is C47H88NO10P. The van der Waals surface area contributed by atoms with Gasteiger partial charge in [0.15, 0.2) is 6.10 Å². The van der Waals surface area contributed by atoms with Crippen LogP contribution in [0.3, 0.4) is 0 Å². The molecule has 0 aromatic heterocycles. The van der Waals surface area contributed by atoms with E-state index in [0.717, 1.165) is 57.8 Å². The Hall–Kier alpha value is -2.04. The van der Waals surface area contributed by atoms with Crippen molar-refractivity contribution in [1.82, 2.24) is 0 Å². The maximum absolute atomic E-state index is 12.6. The molecule has 0 aromatic rings. The SMILES string of the molecule is CCCCCC/C=C/C=C/CCCCCCCC(=O)O[C@@H](COC(=O)CCCCCCCCCCCCCCCCCCCCCC)COP(=O)(O)OC[C@@H](N)C(=O)O. The van der Waals surface area contributed by atoms with Crippen molar-refractivity contribution in [2.24, 2.45) is 5.73 Å². The highest BCUT2D eigenvalue weighted by atomic mass is 31.2. The Bertz CT molecular complexity index is 1100. The first-order valence-electron chi connectivity index (χ1n) is 23.9. The van der Waals surface area contributed by atoms with E-state index in [1.165, 1.54) is 128 Å². The van der Waals surface area contributed by atoms with Crippen LogP contribution in [0.2, 0.25) is 0 Å². The highest BCUT2D eigenvalue weighted by molar-refractivity contribution is 7.47. The van der Waals surface area contributed by atoms with Crippen molar-refractivity contribution in [2.45, 2.75) is 238 Å². The number of aliphatic carboxylic acids is 1. The highest BCUT2D eigenvalue weighted by Crippen LogP contribution is 2.43. The fourth-order valence-electron chi connectivity index (χ4n) is 6.70. The van der Waals surface area contributed by atoms with Gasteiger partial charge < -0.3 is 25.2 Å². The summed E-state index contributed by atoms with van der Waals surface area (Å²) in [6, 6.07) is -1.52. The maximum Gasteiger partial charge on any atom is 0.472 e. The fourth-order valence-corrected chi connectivity index (χ4v) is 7.48. The lowest BCUT2D eigenvalue weighted by atomic mass is 10.0. The molecule has 11 nitrogen and oxygen atoms in total. The molecule has 0 aliphatic carbocycles. The molecule has 346 valence electrons. The summed E-state index contributed by atoms with van der Waals surface area (Å²) < 4.78 is 32.8. The van der Waals surface area contributed by atoms with E-state index in [2.05, 4.69) is 42.7 Å². The highest BCUT2D eigenvalue weighted by Gasteiger charge is 2.28. The molecule has 0 aliphatic rings. The molecule has 0 rings (SSSR count). The number of carbonyl (C=O) groups excluding carboxylic acids is 2. The Labute approximate surface area is 360 Å². The second-order valence-electron chi connectivity index (χ2n) is 16.3. The number of carbonyl (C=O) groups is 3. The molecule has 0 heterocycles. The monoisotopic (exact) mass is 858 g/mol. The fraction of sp³-hybridized carbons (Fsp3) is 0.851.